The number of hydrogen-bond donors (Lipinski definition) is 1. The van der Waals surface area contributed by atoms with Gasteiger partial charge in [-0.15, -0.1) is 0 Å². The molecule has 1 aromatic carbocycles. The topological polar surface area (TPSA) is 54.4 Å². The third-order valence-corrected chi connectivity index (χ3v) is 7.28. The van der Waals surface area contributed by atoms with Crippen molar-refractivity contribution in [3.8, 4) is 5.75 Å². The number of ketones is 2. The molecule has 0 aromatic heterocycles. The molecule has 0 spiro atoms. The van der Waals surface area contributed by atoms with Crippen molar-refractivity contribution < 1.29 is 14.7 Å². The Hall–Kier alpha value is -1.64. The highest BCUT2D eigenvalue weighted by Gasteiger charge is 2.28. The summed E-state index contributed by atoms with van der Waals surface area (Å²) >= 11 is 0. The van der Waals surface area contributed by atoms with Crippen LogP contribution in [0.5, 0.6) is 5.75 Å². The van der Waals surface area contributed by atoms with Crippen molar-refractivity contribution in [2.24, 2.45) is 35.5 Å². The fourth-order valence-electron chi connectivity index (χ4n) is 5.00. The maximum atomic E-state index is 11.4. The van der Waals surface area contributed by atoms with E-state index in [0.29, 0.717) is 58.7 Å². The molecule has 1 aromatic rings. The zero-order valence-corrected chi connectivity index (χ0v) is 22.8. The molecular formula is C30H50O3. The van der Waals surface area contributed by atoms with Crippen LogP contribution in [-0.4, -0.2) is 16.7 Å². The van der Waals surface area contributed by atoms with E-state index in [1.165, 1.54) is 12.8 Å². The number of aryl methyl sites for hydroxylation is 1. The summed E-state index contributed by atoms with van der Waals surface area (Å²) < 4.78 is 0. The fourth-order valence-corrected chi connectivity index (χ4v) is 5.00. The quantitative estimate of drug-likeness (QED) is 0.497. The molecule has 2 saturated carbocycles. The molecule has 0 heterocycles. The van der Waals surface area contributed by atoms with Crippen molar-refractivity contribution in [2.45, 2.75) is 107 Å². The average molecular weight is 459 g/mol. The molecule has 4 atom stereocenters. The zero-order valence-electron chi connectivity index (χ0n) is 22.8. The lowest BCUT2D eigenvalue weighted by Crippen LogP contribution is -2.27. The molecule has 0 bridgehead atoms. The van der Waals surface area contributed by atoms with Crippen molar-refractivity contribution in [1.29, 1.82) is 0 Å². The van der Waals surface area contributed by atoms with E-state index in [0.717, 1.165) is 36.8 Å². The monoisotopic (exact) mass is 458 g/mol. The Labute approximate surface area is 203 Å². The molecule has 3 heteroatoms. The van der Waals surface area contributed by atoms with Gasteiger partial charge in [-0.25, -0.2) is 0 Å². The molecule has 0 radical (unpaired) electrons. The summed E-state index contributed by atoms with van der Waals surface area (Å²) in [5.41, 5.74) is 2.13. The fraction of sp³-hybridized carbons (Fsp3) is 0.733. The van der Waals surface area contributed by atoms with Crippen LogP contribution >= 0.6 is 0 Å². The number of rotatable bonds is 3. The van der Waals surface area contributed by atoms with Crippen LogP contribution in [0.3, 0.4) is 0 Å². The van der Waals surface area contributed by atoms with Gasteiger partial charge in [-0.1, -0.05) is 67.5 Å². The molecule has 0 unspecified atom stereocenters. The summed E-state index contributed by atoms with van der Waals surface area (Å²) in [6, 6.07) is 5.81. The lowest BCUT2D eigenvalue weighted by atomic mass is 9.77. The lowest BCUT2D eigenvalue weighted by Gasteiger charge is -2.27. The first kappa shape index (κ1) is 29.4. The van der Waals surface area contributed by atoms with Gasteiger partial charge in [0, 0.05) is 24.7 Å². The molecule has 0 amide bonds. The Morgan fingerprint density at radius 2 is 1.18 bits per heavy atom. The summed E-state index contributed by atoms with van der Waals surface area (Å²) in [6.45, 7) is 19.1. The van der Waals surface area contributed by atoms with Crippen LogP contribution in [0.25, 0.3) is 0 Å². The Kier molecular flexibility index (Phi) is 12.4. The largest absolute Gasteiger partial charge is 0.508 e. The Morgan fingerprint density at radius 1 is 0.758 bits per heavy atom. The van der Waals surface area contributed by atoms with E-state index in [4.69, 9.17) is 0 Å². The van der Waals surface area contributed by atoms with Gasteiger partial charge >= 0.3 is 0 Å². The number of carbonyl (C=O) groups is 2. The standard InChI is InChI=1S/2C10H18O.C10H14O/c3*1-7(2)9-5-4-8(3)6-10(9)11/h2*7-9H,4-6H2,1-3H3;4-7,11H,1-3H3/t8-,9+;8-,9-;/m11./s1. The van der Waals surface area contributed by atoms with Crippen LogP contribution in [0.15, 0.2) is 18.2 Å². The number of Topliss-reactive ketones (excluding diaryl/α,β-unsaturated/α-hetero) is 2. The van der Waals surface area contributed by atoms with E-state index in [9.17, 15) is 14.7 Å². The lowest BCUT2D eigenvalue weighted by molar-refractivity contribution is -0.128. The second-order valence-corrected chi connectivity index (χ2v) is 11.6. The van der Waals surface area contributed by atoms with Crippen molar-refractivity contribution in [3.05, 3.63) is 29.3 Å². The molecule has 1 N–H and O–H groups in total. The molecule has 33 heavy (non-hydrogen) atoms. The number of benzene rings is 1. The minimum absolute atomic E-state index is 0.367. The highest BCUT2D eigenvalue weighted by atomic mass is 16.3. The van der Waals surface area contributed by atoms with E-state index >= 15 is 0 Å². The predicted octanol–water partition coefficient (Wildman–Crippen LogP) is 8.12. The van der Waals surface area contributed by atoms with Gasteiger partial charge in [0.25, 0.3) is 0 Å². The maximum Gasteiger partial charge on any atom is 0.136 e. The summed E-state index contributed by atoms with van der Waals surface area (Å²) in [5.74, 6) is 4.92. The first-order chi connectivity index (χ1) is 15.3. The van der Waals surface area contributed by atoms with Gasteiger partial charge in [-0.05, 0) is 79.4 Å². The first-order valence-electron chi connectivity index (χ1n) is 13.2. The van der Waals surface area contributed by atoms with E-state index in [-0.39, 0.29) is 0 Å². The molecule has 188 valence electrons. The van der Waals surface area contributed by atoms with Crippen LogP contribution in [0.2, 0.25) is 0 Å². The number of hydrogen-bond acceptors (Lipinski definition) is 3. The minimum Gasteiger partial charge on any atom is -0.508 e. The molecule has 2 aliphatic carbocycles. The van der Waals surface area contributed by atoms with Crippen molar-refractivity contribution in [1.82, 2.24) is 0 Å². The molecule has 2 aliphatic rings. The van der Waals surface area contributed by atoms with Crippen LogP contribution in [0, 0.1) is 42.4 Å². The molecular weight excluding hydrogens is 408 g/mol. The zero-order chi connectivity index (χ0) is 25.3. The van der Waals surface area contributed by atoms with Crippen molar-refractivity contribution >= 4 is 11.6 Å². The predicted molar refractivity (Wildman–Crippen MR) is 140 cm³/mol. The van der Waals surface area contributed by atoms with E-state index in [1.807, 2.05) is 19.1 Å². The van der Waals surface area contributed by atoms with Gasteiger partial charge < -0.3 is 5.11 Å². The van der Waals surface area contributed by atoms with Crippen molar-refractivity contribution in [3.63, 3.8) is 0 Å². The van der Waals surface area contributed by atoms with Crippen LogP contribution in [-0.2, 0) is 9.59 Å². The maximum absolute atomic E-state index is 11.4. The Morgan fingerprint density at radius 3 is 1.48 bits per heavy atom. The number of phenols is 1. The minimum atomic E-state index is 0.367. The normalized spacial score (nSPS) is 25.5. The second-order valence-electron chi connectivity index (χ2n) is 11.6. The summed E-state index contributed by atoms with van der Waals surface area (Å²) in [5, 5.41) is 9.46. The molecule has 0 saturated heterocycles. The molecule has 3 rings (SSSR count). The number of phenolic OH excluding ortho intramolecular Hbond substituents is 1. The molecule has 0 aliphatic heterocycles. The van der Waals surface area contributed by atoms with Crippen LogP contribution in [0.4, 0.5) is 0 Å². The highest BCUT2D eigenvalue weighted by Crippen LogP contribution is 2.31. The van der Waals surface area contributed by atoms with Gasteiger partial charge in [0.1, 0.15) is 17.3 Å². The average Bonchev–Trinajstić information content (AvgIpc) is 2.68. The second kappa shape index (κ2) is 13.9. The molecule has 3 nitrogen and oxygen atoms in total. The van der Waals surface area contributed by atoms with Gasteiger partial charge in [0.15, 0.2) is 0 Å². The summed E-state index contributed by atoms with van der Waals surface area (Å²) in [7, 11) is 0. The van der Waals surface area contributed by atoms with Crippen LogP contribution < -0.4 is 0 Å². The highest BCUT2D eigenvalue weighted by molar-refractivity contribution is 5.82. The smallest absolute Gasteiger partial charge is 0.136 e. The summed E-state index contributed by atoms with van der Waals surface area (Å²) in [4.78, 5) is 22.9. The summed E-state index contributed by atoms with van der Waals surface area (Å²) in [6.07, 6.45) is 6.38. The van der Waals surface area contributed by atoms with Crippen LogP contribution in [0.1, 0.15) is 111 Å². The third kappa shape index (κ3) is 10.0. The van der Waals surface area contributed by atoms with E-state index in [2.05, 4.69) is 55.4 Å². The van der Waals surface area contributed by atoms with Gasteiger partial charge in [0.2, 0.25) is 0 Å². The number of carbonyl (C=O) groups excluding carboxylic acids is 2. The first-order valence-corrected chi connectivity index (χ1v) is 13.2. The Balaban J connectivity index is 0.000000247. The third-order valence-electron chi connectivity index (χ3n) is 7.28. The van der Waals surface area contributed by atoms with Crippen molar-refractivity contribution in [2.75, 3.05) is 0 Å². The Bertz CT molecular complexity index is 711. The van der Waals surface area contributed by atoms with Gasteiger partial charge in [0.05, 0.1) is 0 Å². The van der Waals surface area contributed by atoms with Gasteiger partial charge in [-0.2, -0.15) is 0 Å². The van der Waals surface area contributed by atoms with Gasteiger partial charge in [-0.3, -0.25) is 9.59 Å². The van der Waals surface area contributed by atoms with E-state index in [1.54, 1.807) is 6.07 Å². The number of aromatic hydroxyl groups is 1. The molecule has 2 fully saturated rings. The SMILES string of the molecule is CC(C)[C@@H]1CC[C@@H](C)CC1=O.CC(C)[C@H]1CC[C@@H](C)CC1=O.Cc1ccc(C(C)C)c(O)c1. The van der Waals surface area contributed by atoms with E-state index < -0.39 is 0 Å².